The molecule has 1 N–H and O–H groups in total. The Morgan fingerprint density at radius 2 is 1.78 bits per heavy atom. The number of carbonyl (C=O) groups excluding carboxylic acids is 2. The van der Waals surface area contributed by atoms with Gasteiger partial charge in [0.05, 0.1) is 55.9 Å². The fourth-order valence-corrected chi connectivity index (χ4v) is 7.13. The first-order valence-corrected chi connectivity index (χ1v) is 17.4. The van der Waals surface area contributed by atoms with Crippen LogP contribution in [0, 0.1) is 13.8 Å². The highest BCUT2D eigenvalue weighted by atomic mass is 32.2. The lowest BCUT2D eigenvalue weighted by Crippen LogP contribution is -2.29. The number of aryl methyl sites for hydroxylation is 2. The van der Waals surface area contributed by atoms with Crippen molar-refractivity contribution in [1.29, 1.82) is 0 Å². The van der Waals surface area contributed by atoms with Gasteiger partial charge in [-0.25, -0.2) is 5.01 Å². The lowest BCUT2D eigenvalue weighted by molar-refractivity contribution is -0.130. The zero-order valence-electron chi connectivity index (χ0n) is 27.8. The molecule has 1 aliphatic heterocycles. The third-order valence-electron chi connectivity index (χ3n) is 8.16. The number of rotatable bonds is 12. The van der Waals surface area contributed by atoms with E-state index in [1.807, 2.05) is 90.5 Å². The molecule has 2 amide bonds. The van der Waals surface area contributed by atoms with Gasteiger partial charge in [0, 0.05) is 12.0 Å². The van der Waals surface area contributed by atoms with Gasteiger partial charge in [0.1, 0.15) is 5.75 Å². The van der Waals surface area contributed by atoms with Crippen LogP contribution in [-0.2, 0) is 11.3 Å². The molecule has 3 aromatic carbocycles. The van der Waals surface area contributed by atoms with Crippen molar-refractivity contribution in [3.05, 3.63) is 111 Å². The Bertz CT molecular complexity index is 1990. The number of aromatic nitrogens is 3. The molecule has 13 heteroatoms. The van der Waals surface area contributed by atoms with Crippen LogP contribution in [0.15, 0.2) is 88.4 Å². The molecule has 0 spiro atoms. The maximum absolute atomic E-state index is 14.1. The van der Waals surface area contributed by atoms with Crippen molar-refractivity contribution in [2.24, 2.45) is 5.10 Å². The predicted molar refractivity (Wildman–Crippen MR) is 190 cm³/mol. The second kappa shape index (κ2) is 15.0. The summed E-state index contributed by atoms with van der Waals surface area (Å²) in [5.41, 5.74) is 5.37. The van der Waals surface area contributed by atoms with Crippen LogP contribution in [0.4, 0.5) is 0 Å². The maximum Gasteiger partial charge on any atom is 0.261 e. The zero-order valence-corrected chi connectivity index (χ0v) is 29.4. The summed E-state index contributed by atoms with van der Waals surface area (Å²) < 4.78 is 18.6. The van der Waals surface area contributed by atoms with Gasteiger partial charge in [-0.15, -0.1) is 21.5 Å². The van der Waals surface area contributed by atoms with E-state index in [1.54, 1.807) is 27.4 Å². The van der Waals surface area contributed by atoms with E-state index in [0.717, 1.165) is 39.4 Å². The average Bonchev–Trinajstić information content (AvgIpc) is 3.91. The minimum absolute atomic E-state index is 0.0345. The molecule has 1 aliphatic rings. The van der Waals surface area contributed by atoms with Crippen LogP contribution in [-0.4, -0.2) is 64.4 Å². The Hall–Kier alpha value is -5.14. The number of thioether (sulfide) groups is 1. The van der Waals surface area contributed by atoms with E-state index in [9.17, 15) is 9.59 Å². The fourth-order valence-electron chi connectivity index (χ4n) is 5.67. The number of nitrogens with one attached hydrogen (secondary N) is 1. The first kappa shape index (κ1) is 33.7. The van der Waals surface area contributed by atoms with E-state index in [1.165, 1.54) is 28.1 Å². The minimum atomic E-state index is -0.435. The highest BCUT2D eigenvalue weighted by molar-refractivity contribution is 7.99. The summed E-state index contributed by atoms with van der Waals surface area (Å²) in [4.78, 5) is 27.5. The van der Waals surface area contributed by atoms with Gasteiger partial charge >= 0.3 is 0 Å². The number of hydrogen-bond donors (Lipinski definition) is 1. The topological polar surface area (TPSA) is 120 Å². The highest BCUT2D eigenvalue weighted by Crippen LogP contribution is 2.42. The number of hydrogen-bond acceptors (Lipinski definition) is 10. The number of thiophene rings is 1. The quantitative estimate of drug-likeness (QED) is 0.150. The van der Waals surface area contributed by atoms with Gasteiger partial charge in [-0.3, -0.25) is 14.2 Å². The second-order valence-electron chi connectivity index (χ2n) is 11.3. The lowest BCUT2D eigenvalue weighted by Gasteiger charge is -2.24. The van der Waals surface area contributed by atoms with E-state index in [0.29, 0.717) is 33.8 Å². The van der Waals surface area contributed by atoms with Gasteiger partial charge in [0.15, 0.2) is 22.5 Å². The van der Waals surface area contributed by atoms with Crippen LogP contribution in [0.3, 0.4) is 0 Å². The summed E-state index contributed by atoms with van der Waals surface area (Å²) in [6.45, 7) is 4.18. The maximum atomic E-state index is 14.1. The second-order valence-corrected chi connectivity index (χ2v) is 13.2. The van der Waals surface area contributed by atoms with E-state index in [-0.39, 0.29) is 24.1 Å². The Labute approximate surface area is 292 Å². The molecular formula is C36H36N6O5S2. The van der Waals surface area contributed by atoms with Crippen molar-refractivity contribution < 1.29 is 23.8 Å². The average molecular weight is 697 g/mol. The molecule has 0 radical (unpaired) electrons. The standard InChI is InChI=1S/C36H36N6O5S2/c1-22-11-12-23(2)28(18-22)41-32(20-37-35(44)31-10-7-17-48-31)38-39-36(41)49-21-33(43)42-29(26-8-6-9-30(46-4)34(26)47-5)19-27(40-42)24-13-15-25(45-3)16-14-24/h6-18,29H,19-21H2,1-5H3,(H,37,44)/t29-/m1/s1. The van der Waals surface area contributed by atoms with E-state index in [2.05, 4.69) is 15.5 Å². The molecule has 49 heavy (non-hydrogen) atoms. The molecule has 0 saturated carbocycles. The molecule has 0 unspecified atom stereocenters. The first-order chi connectivity index (χ1) is 23.8. The van der Waals surface area contributed by atoms with Gasteiger partial charge in [-0.1, -0.05) is 42.1 Å². The van der Waals surface area contributed by atoms with Crippen LogP contribution in [0.1, 0.15) is 50.2 Å². The van der Waals surface area contributed by atoms with Crippen molar-refractivity contribution in [3.63, 3.8) is 0 Å². The van der Waals surface area contributed by atoms with Crippen molar-refractivity contribution in [1.82, 2.24) is 25.1 Å². The number of nitrogens with zero attached hydrogens (tertiary/aromatic N) is 5. The molecule has 252 valence electrons. The summed E-state index contributed by atoms with van der Waals surface area (Å²) in [5, 5.41) is 20.7. The first-order valence-electron chi connectivity index (χ1n) is 15.5. The van der Waals surface area contributed by atoms with Crippen molar-refractivity contribution in [2.75, 3.05) is 27.1 Å². The molecule has 3 heterocycles. The summed E-state index contributed by atoms with van der Waals surface area (Å²) >= 11 is 2.64. The van der Waals surface area contributed by atoms with Crippen LogP contribution in [0.5, 0.6) is 17.2 Å². The van der Waals surface area contributed by atoms with Crippen LogP contribution in [0.2, 0.25) is 0 Å². The zero-order chi connectivity index (χ0) is 34.5. The molecule has 0 aliphatic carbocycles. The monoisotopic (exact) mass is 696 g/mol. The van der Waals surface area contributed by atoms with E-state index in [4.69, 9.17) is 19.3 Å². The summed E-state index contributed by atoms with van der Waals surface area (Å²) in [6.07, 6.45) is 0.471. The number of ether oxygens (including phenoxy) is 3. The largest absolute Gasteiger partial charge is 0.497 e. The minimum Gasteiger partial charge on any atom is -0.497 e. The number of benzene rings is 3. The number of methoxy groups -OCH3 is 3. The third-order valence-corrected chi connectivity index (χ3v) is 9.95. The third kappa shape index (κ3) is 7.18. The molecule has 2 aromatic heterocycles. The molecule has 0 saturated heterocycles. The number of amides is 2. The van der Waals surface area contributed by atoms with Gasteiger partial charge in [0.25, 0.3) is 11.8 Å². The number of carbonyl (C=O) groups is 2. The van der Waals surface area contributed by atoms with Gasteiger partial charge in [-0.05, 0) is 78.4 Å². The van der Waals surface area contributed by atoms with Gasteiger partial charge in [-0.2, -0.15) is 5.10 Å². The Kier molecular flexibility index (Phi) is 10.3. The number of para-hydroxylation sites is 1. The summed E-state index contributed by atoms with van der Waals surface area (Å²) in [7, 11) is 4.80. The fraction of sp³-hybridized carbons (Fsp3) is 0.250. The molecule has 0 bridgehead atoms. The molecule has 1 atom stereocenters. The molecule has 0 fully saturated rings. The normalized spacial score (nSPS) is 14.0. The Balaban J connectivity index is 1.30. The van der Waals surface area contributed by atoms with Crippen LogP contribution < -0.4 is 19.5 Å². The Morgan fingerprint density at radius 1 is 0.959 bits per heavy atom. The molecule has 6 rings (SSSR count). The lowest BCUT2D eigenvalue weighted by atomic mass is 9.97. The SMILES string of the molecule is COc1ccc(C2=NN(C(=O)CSc3nnc(CNC(=O)c4cccs4)n3-c3cc(C)ccc3C)[C@@H](c3cccc(OC)c3OC)C2)cc1. The van der Waals surface area contributed by atoms with Crippen molar-refractivity contribution in [2.45, 2.75) is 38.0 Å². The summed E-state index contributed by atoms with van der Waals surface area (Å²) in [6, 6.07) is 22.6. The predicted octanol–water partition coefficient (Wildman–Crippen LogP) is 6.37. The van der Waals surface area contributed by atoms with Crippen molar-refractivity contribution >= 4 is 40.6 Å². The highest BCUT2D eigenvalue weighted by Gasteiger charge is 2.36. The van der Waals surface area contributed by atoms with Gasteiger partial charge in [0.2, 0.25) is 0 Å². The molecule has 5 aromatic rings. The van der Waals surface area contributed by atoms with Crippen molar-refractivity contribution in [3.8, 4) is 22.9 Å². The summed E-state index contributed by atoms with van der Waals surface area (Å²) in [5.74, 6) is 2.03. The van der Waals surface area contributed by atoms with E-state index < -0.39 is 6.04 Å². The van der Waals surface area contributed by atoms with E-state index >= 15 is 0 Å². The van der Waals surface area contributed by atoms with Crippen LogP contribution in [0.25, 0.3) is 5.69 Å². The number of hydrazone groups is 1. The van der Waals surface area contributed by atoms with Crippen LogP contribution >= 0.6 is 23.1 Å². The molecule has 11 nitrogen and oxygen atoms in total. The smallest absolute Gasteiger partial charge is 0.261 e. The Morgan fingerprint density at radius 3 is 2.49 bits per heavy atom. The molecular weight excluding hydrogens is 661 g/mol. The van der Waals surface area contributed by atoms with Gasteiger partial charge < -0.3 is 19.5 Å².